The third kappa shape index (κ3) is 2.95. The Morgan fingerprint density at radius 3 is 2.86 bits per heavy atom. The van der Waals surface area contributed by atoms with Crippen molar-refractivity contribution in [2.75, 3.05) is 20.0 Å². The molecule has 0 saturated heterocycles. The number of nitrogens with two attached hydrogens (primary N) is 1. The van der Waals surface area contributed by atoms with Gasteiger partial charge in [-0.1, -0.05) is 6.07 Å². The molecule has 0 fully saturated rings. The highest BCUT2D eigenvalue weighted by molar-refractivity contribution is 5.92. The van der Waals surface area contributed by atoms with Crippen LogP contribution in [0.5, 0.6) is 5.75 Å². The van der Waals surface area contributed by atoms with Gasteiger partial charge in [0.25, 0.3) is 0 Å². The zero-order valence-electron chi connectivity index (χ0n) is 11.7. The molecule has 0 unspecified atom stereocenters. The summed E-state index contributed by atoms with van der Waals surface area (Å²) in [6.45, 7) is 0.375. The highest BCUT2D eigenvalue weighted by Crippen LogP contribution is 2.20. The molecule has 7 heteroatoms. The number of nitrogen functional groups attached to an aromatic ring is 1. The van der Waals surface area contributed by atoms with Crippen LogP contribution >= 0.6 is 0 Å². The molecule has 1 aromatic carbocycles. The van der Waals surface area contributed by atoms with Gasteiger partial charge in [0, 0.05) is 6.20 Å². The minimum Gasteiger partial charge on any atom is -0.495 e. The maximum absolute atomic E-state index is 11.4. The van der Waals surface area contributed by atoms with Gasteiger partial charge in [-0.05, 0) is 17.7 Å². The van der Waals surface area contributed by atoms with Crippen LogP contribution in [-0.4, -0.2) is 30.0 Å². The van der Waals surface area contributed by atoms with Crippen molar-refractivity contribution in [1.29, 1.82) is 5.26 Å². The summed E-state index contributed by atoms with van der Waals surface area (Å²) in [5, 5.41) is 13.1. The molecular formula is C14H14N4O3. The number of esters is 1. The number of hydrogen-bond donors (Lipinski definition) is 1. The molecule has 7 nitrogen and oxygen atoms in total. The lowest BCUT2D eigenvalue weighted by atomic mass is 10.1. The number of nitriles is 1. The number of carbonyl (C=O) groups excluding carboxylic acids is 1. The predicted molar refractivity (Wildman–Crippen MR) is 74.8 cm³/mol. The van der Waals surface area contributed by atoms with Crippen LogP contribution < -0.4 is 10.5 Å². The molecule has 21 heavy (non-hydrogen) atoms. The summed E-state index contributed by atoms with van der Waals surface area (Å²) in [5.41, 5.74) is 7.31. The molecule has 0 radical (unpaired) electrons. The van der Waals surface area contributed by atoms with E-state index in [4.69, 9.17) is 15.7 Å². The van der Waals surface area contributed by atoms with Crippen LogP contribution in [0.25, 0.3) is 0 Å². The Morgan fingerprint density at radius 1 is 1.48 bits per heavy atom. The Labute approximate surface area is 121 Å². The van der Waals surface area contributed by atoms with Crippen molar-refractivity contribution in [2.24, 2.45) is 0 Å². The van der Waals surface area contributed by atoms with Crippen LogP contribution in [0.3, 0.4) is 0 Å². The highest BCUT2D eigenvalue weighted by Gasteiger charge is 2.15. The van der Waals surface area contributed by atoms with Crippen molar-refractivity contribution in [3.05, 3.63) is 41.2 Å². The number of anilines is 1. The second-order valence-corrected chi connectivity index (χ2v) is 4.27. The average Bonchev–Trinajstić information content (AvgIpc) is 2.86. The highest BCUT2D eigenvalue weighted by atomic mass is 16.5. The summed E-state index contributed by atoms with van der Waals surface area (Å²) >= 11 is 0. The molecule has 0 bridgehead atoms. The molecular weight excluding hydrogens is 272 g/mol. The first-order valence-corrected chi connectivity index (χ1v) is 6.07. The zero-order chi connectivity index (χ0) is 15.4. The second kappa shape index (κ2) is 5.96. The van der Waals surface area contributed by atoms with Crippen molar-refractivity contribution in [2.45, 2.75) is 6.54 Å². The maximum atomic E-state index is 11.4. The van der Waals surface area contributed by atoms with E-state index in [0.717, 1.165) is 5.56 Å². The fraction of sp³-hybridized carbons (Fsp3) is 0.214. The van der Waals surface area contributed by atoms with Crippen LogP contribution in [0.1, 0.15) is 21.6 Å². The van der Waals surface area contributed by atoms with E-state index in [1.165, 1.54) is 18.9 Å². The van der Waals surface area contributed by atoms with E-state index in [0.29, 0.717) is 17.9 Å². The zero-order valence-corrected chi connectivity index (χ0v) is 11.7. The van der Waals surface area contributed by atoms with E-state index in [9.17, 15) is 4.79 Å². The van der Waals surface area contributed by atoms with Gasteiger partial charge in [-0.3, -0.25) is 4.68 Å². The molecule has 0 amide bonds. The van der Waals surface area contributed by atoms with E-state index in [1.54, 1.807) is 18.3 Å². The van der Waals surface area contributed by atoms with Gasteiger partial charge in [-0.2, -0.15) is 10.4 Å². The third-order valence-electron chi connectivity index (χ3n) is 2.90. The van der Waals surface area contributed by atoms with Crippen molar-refractivity contribution in [1.82, 2.24) is 9.78 Å². The molecule has 2 rings (SSSR count). The Hall–Kier alpha value is -3.01. The van der Waals surface area contributed by atoms with Gasteiger partial charge in [-0.25, -0.2) is 4.79 Å². The molecule has 0 atom stereocenters. The minimum atomic E-state index is -0.585. The first-order valence-electron chi connectivity index (χ1n) is 6.07. The topological polar surface area (TPSA) is 103 Å². The molecule has 2 aromatic rings. The monoisotopic (exact) mass is 286 g/mol. The summed E-state index contributed by atoms with van der Waals surface area (Å²) in [4.78, 5) is 11.4. The number of nitrogens with zero attached hydrogens (tertiary/aromatic N) is 3. The minimum absolute atomic E-state index is 0.0755. The van der Waals surface area contributed by atoms with Gasteiger partial charge in [0.15, 0.2) is 5.69 Å². The second-order valence-electron chi connectivity index (χ2n) is 4.27. The molecule has 1 heterocycles. The lowest BCUT2D eigenvalue weighted by molar-refractivity contribution is 0.0594. The summed E-state index contributed by atoms with van der Waals surface area (Å²) in [6.07, 6.45) is 1.54. The van der Waals surface area contributed by atoms with E-state index in [2.05, 4.69) is 15.9 Å². The molecule has 2 N–H and O–H groups in total. The quantitative estimate of drug-likeness (QED) is 0.846. The number of rotatable bonds is 4. The number of aromatic nitrogens is 2. The fourth-order valence-electron chi connectivity index (χ4n) is 1.90. The van der Waals surface area contributed by atoms with E-state index >= 15 is 0 Å². The fourth-order valence-corrected chi connectivity index (χ4v) is 1.90. The normalized spacial score (nSPS) is 9.95. The largest absolute Gasteiger partial charge is 0.495 e. The summed E-state index contributed by atoms with van der Waals surface area (Å²) in [7, 11) is 2.77. The maximum Gasteiger partial charge on any atom is 0.360 e. The third-order valence-corrected chi connectivity index (χ3v) is 2.90. The van der Waals surface area contributed by atoms with Crippen molar-refractivity contribution >= 4 is 11.7 Å². The summed E-state index contributed by atoms with van der Waals surface area (Å²) < 4.78 is 11.2. The number of methoxy groups -OCH3 is 2. The molecule has 0 saturated carbocycles. The number of ether oxygens (including phenoxy) is 2. The summed E-state index contributed by atoms with van der Waals surface area (Å²) in [5.74, 6) is -0.0739. The molecule has 108 valence electrons. The molecule has 0 aliphatic rings. The molecule has 0 spiro atoms. The van der Waals surface area contributed by atoms with Crippen molar-refractivity contribution in [3.63, 3.8) is 0 Å². The van der Waals surface area contributed by atoms with Crippen LogP contribution in [-0.2, 0) is 11.3 Å². The van der Waals surface area contributed by atoms with Gasteiger partial charge >= 0.3 is 5.97 Å². The SMILES string of the molecule is COC(=O)c1nn(Cc2ccc(OC)c(C#N)c2)cc1N. The summed E-state index contributed by atoms with van der Waals surface area (Å²) in [6, 6.07) is 7.29. The standard InChI is InChI=1S/C14H14N4O3/c1-20-12-4-3-9(5-10(12)6-15)7-18-8-11(16)13(17-18)14(19)21-2/h3-5,8H,7,16H2,1-2H3. The predicted octanol–water partition coefficient (Wildman–Crippen LogP) is 1.18. The van der Waals surface area contributed by atoms with Gasteiger partial charge in [0.2, 0.25) is 0 Å². The Balaban J connectivity index is 2.27. The van der Waals surface area contributed by atoms with E-state index in [-0.39, 0.29) is 11.4 Å². The number of benzene rings is 1. The van der Waals surface area contributed by atoms with Crippen LogP contribution in [0.15, 0.2) is 24.4 Å². The lowest BCUT2D eigenvalue weighted by Crippen LogP contribution is -2.07. The number of hydrogen-bond acceptors (Lipinski definition) is 6. The van der Waals surface area contributed by atoms with Crippen LogP contribution in [0.4, 0.5) is 5.69 Å². The van der Waals surface area contributed by atoms with E-state index in [1.807, 2.05) is 6.07 Å². The first-order chi connectivity index (χ1) is 10.1. The Morgan fingerprint density at radius 2 is 2.24 bits per heavy atom. The Bertz CT molecular complexity index is 715. The average molecular weight is 286 g/mol. The first kappa shape index (κ1) is 14.4. The van der Waals surface area contributed by atoms with Gasteiger partial charge in [0.05, 0.1) is 32.0 Å². The molecule has 0 aliphatic carbocycles. The number of carbonyl (C=O) groups is 1. The molecule has 1 aromatic heterocycles. The Kier molecular flexibility index (Phi) is 4.09. The van der Waals surface area contributed by atoms with Crippen molar-refractivity contribution in [3.8, 4) is 11.8 Å². The van der Waals surface area contributed by atoms with E-state index < -0.39 is 5.97 Å². The van der Waals surface area contributed by atoms with Gasteiger partial charge in [-0.15, -0.1) is 0 Å². The van der Waals surface area contributed by atoms with Crippen LogP contribution in [0, 0.1) is 11.3 Å². The smallest absolute Gasteiger partial charge is 0.360 e. The van der Waals surface area contributed by atoms with Gasteiger partial charge < -0.3 is 15.2 Å². The molecule has 0 aliphatic heterocycles. The van der Waals surface area contributed by atoms with Crippen LogP contribution in [0.2, 0.25) is 0 Å². The van der Waals surface area contributed by atoms with Crippen molar-refractivity contribution < 1.29 is 14.3 Å². The lowest BCUT2D eigenvalue weighted by Gasteiger charge is -2.06. The van der Waals surface area contributed by atoms with Gasteiger partial charge in [0.1, 0.15) is 11.8 Å².